The molecule has 0 radical (unpaired) electrons. The Morgan fingerprint density at radius 2 is 1.86 bits per heavy atom. The quantitative estimate of drug-likeness (QED) is 0.578. The molecule has 156 valence electrons. The van der Waals surface area contributed by atoms with Crippen molar-refractivity contribution in [1.29, 1.82) is 0 Å². The third-order valence-corrected chi connectivity index (χ3v) is 6.31. The van der Waals surface area contributed by atoms with E-state index in [2.05, 4.69) is 5.32 Å². The van der Waals surface area contributed by atoms with Gasteiger partial charge in [-0.15, -0.1) is 0 Å². The number of nitrogens with zero attached hydrogens (tertiary/aromatic N) is 2. The number of hydrogen-bond acceptors (Lipinski definition) is 6. The molecule has 1 atom stereocenters. The van der Waals surface area contributed by atoms with Crippen LogP contribution in [0.1, 0.15) is 18.0 Å². The van der Waals surface area contributed by atoms with Crippen molar-refractivity contribution in [3.63, 3.8) is 0 Å². The van der Waals surface area contributed by atoms with Gasteiger partial charge in [0.25, 0.3) is 0 Å². The molecule has 0 aliphatic carbocycles. The molecule has 1 saturated heterocycles. The predicted octanol–water partition coefficient (Wildman–Crippen LogP) is 0.0692. The van der Waals surface area contributed by atoms with Gasteiger partial charge in [-0.05, 0) is 12.0 Å². The maximum atomic E-state index is 13.2. The summed E-state index contributed by atoms with van der Waals surface area (Å²) in [6, 6.07) is 8.65. The molecular weight excluding hydrogens is 382 g/mol. The Morgan fingerprint density at radius 1 is 1.21 bits per heavy atom. The molecule has 1 aliphatic rings. The molecule has 1 N–H and O–H groups in total. The highest BCUT2D eigenvalue weighted by atomic mass is 32.2. The van der Waals surface area contributed by atoms with Gasteiger partial charge in [-0.1, -0.05) is 30.3 Å². The van der Waals surface area contributed by atoms with Gasteiger partial charge in [0.2, 0.25) is 11.8 Å². The zero-order chi connectivity index (χ0) is 20.6. The number of amides is 2. The van der Waals surface area contributed by atoms with Crippen LogP contribution in [0.4, 0.5) is 0 Å². The van der Waals surface area contributed by atoms with Crippen LogP contribution in [0.2, 0.25) is 0 Å². The van der Waals surface area contributed by atoms with Crippen LogP contribution in [0.15, 0.2) is 30.3 Å². The van der Waals surface area contributed by atoms with Gasteiger partial charge in [0.1, 0.15) is 6.04 Å². The summed E-state index contributed by atoms with van der Waals surface area (Å²) in [5.74, 6) is -0.391. The molecule has 0 saturated carbocycles. The third-order valence-electron chi connectivity index (χ3n) is 4.70. The van der Waals surface area contributed by atoms with Crippen LogP contribution in [0.3, 0.4) is 0 Å². The zero-order valence-electron chi connectivity index (χ0n) is 16.5. The molecule has 2 rings (SSSR count). The number of ether oxygens (including phenoxy) is 1. The van der Waals surface area contributed by atoms with Crippen molar-refractivity contribution in [2.45, 2.75) is 12.5 Å². The van der Waals surface area contributed by atoms with E-state index >= 15 is 0 Å². The standard InChI is InChI=1S/C19H29N3O5S/c1-21(15-17(23)20-9-6-12-27-2)19(24)18(16-7-4-3-5-8-16)22-10-13-28(25,26)14-11-22/h3-5,7-8,18H,6,9-15H2,1-2H3,(H,20,23). The molecule has 1 aromatic carbocycles. The number of sulfone groups is 1. The number of nitrogens with one attached hydrogen (secondary N) is 1. The fraction of sp³-hybridized carbons (Fsp3) is 0.579. The van der Waals surface area contributed by atoms with Crippen molar-refractivity contribution in [2.24, 2.45) is 0 Å². The van der Waals surface area contributed by atoms with Gasteiger partial charge in [0.05, 0.1) is 18.1 Å². The van der Waals surface area contributed by atoms with Crippen molar-refractivity contribution in [3.8, 4) is 0 Å². The number of benzene rings is 1. The van der Waals surface area contributed by atoms with Crippen molar-refractivity contribution in [3.05, 3.63) is 35.9 Å². The Hall–Kier alpha value is -1.97. The predicted molar refractivity (Wildman–Crippen MR) is 107 cm³/mol. The van der Waals surface area contributed by atoms with Crippen molar-refractivity contribution < 1.29 is 22.7 Å². The number of rotatable bonds is 9. The van der Waals surface area contributed by atoms with E-state index in [4.69, 9.17) is 4.74 Å². The summed E-state index contributed by atoms with van der Waals surface area (Å²) in [5, 5.41) is 2.77. The summed E-state index contributed by atoms with van der Waals surface area (Å²) >= 11 is 0. The van der Waals surface area contributed by atoms with Crippen LogP contribution in [0.25, 0.3) is 0 Å². The third kappa shape index (κ3) is 6.57. The molecule has 1 heterocycles. The molecule has 1 fully saturated rings. The van der Waals surface area contributed by atoms with Crippen molar-refractivity contribution in [1.82, 2.24) is 15.1 Å². The summed E-state index contributed by atoms with van der Waals surface area (Å²) in [4.78, 5) is 28.5. The molecule has 1 aliphatic heterocycles. The van der Waals surface area contributed by atoms with Gasteiger partial charge in [-0.25, -0.2) is 8.42 Å². The van der Waals surface area contributed by atoms with Gasteiger partial charge >= 0.3 is 0 Å². The lowest BCUT2D eigenvalue weighted by Gasteiger charge is -2.35. The van der Waals surface area contributed by atoms with E-state index in [0.29, 0.717) is 32.7 Å². The van der Waals surface area contributed by atoms with Crippen LogP contribution < -0.4 is 5.32 Å². The molecule has 0 spiro atoms. The molecule has 2 amide bonds. The van der Waals surface area contributed by atoms with E-state index in [1.54, 1.807) is 14.2 Å². The number of likely N-dealkylation sites (N-methyl/N-ethyl adjacent to an activating group) is 1. The lowest BCUT2D eigenvalue weighted by atomic mass is 10.0. The Labute approximate surface area is 166 Å². The van der Waals surface area contributed by atoms with Crippen molar-refractivity contribution >= 4 is 21.7 Å². The lowest BCUT2D eigenvalue weighted by Crippen LogP contribution is -2.49. The molecule has 1 aromatic rings. The number of hydrogen-bond donors (Lipinski definition) is 1. The maximum Gasteiger partial charge on any atom is 0.244 e. The first-order valence-corrected chi connectivity index (χ1v) is 11.2. The minimum Gasteiger partial charge on any atom is -0.385 e. The topological polar surface area (TPSA) is 96.0 Å². The second-order valence-electron chi connectivity index (χ2n) is 6.89. The summed E-state index contributed by atoms with van der Waals surface area (Å²) in [7, 11) is 0.140. The highest BCUT2D eigenvalue weighted by Gasteiger charge is 2.34. The largest absolute Gasteiger partial charge is 0.385 e. The average molecular weight is 412 g/mol. The van der Waals surface area contributed by atoms with E-state index in [1.807, 2.05) is 35.2 Å². The van der Waals surface area contributed by atoms with E-state index in [9.17, 15) is 18.0 Å². The Bertz CT molecular complexity index is 740. The van der Waals surface area contributed by atoms with E-state index < -0.39 is 15.9 Å². The number of carbonyl (C=O) groups is 2. The number of carbonyl (C=O) groups excluding carboxylic acids is 2. The second-order valence-corrected chi connectivity index (χ2v) is 9.20. The van der Waals surface area contributed by atoms with E-state index in [0.717, 1.165) is 5.56 Å². The minimum atomic E-state index is -3.05. The summed E-state index contributed by atoms with van der Waals surface area (Å²) in [6.45, 7) is 1.58. The van der Waals surface area contributed by atoms with Gasteiger partial charge in [0, 0.05) is 40.4 Å². The first-order valence-electron chi connectivity index (χ1n) is 9.34. The Balaban J connectivity index is 2.05. The van der Waals surface area contributed by atoms with Crippen LogP contribution >= 0.6 is 0 Å². The van der Waals surface area contributed by atoms with E-state index in [-0.39, 0.29) is 29.9 Å². The summed E-state index contributed by atoms with van der Waals surface area (Å²) in [6.07, 6.45) is 0.703. The summed E-state index contributed by atoms with van der Waals surface area (Å²) in [5.41, 5.74) is 0.791. The maximum absolute atomic E-state index is 13.2. The SMILES string of the molecule is COCCCNC(=O)CN(C)C(=O)C(c1ccccc1)N1CCS(=O)(=O)CC1. The van der Waals surface area contributed by atoms with Crippen LogP contribution in [-0.4, -0.2) is 88.5 Å². The van der Waals surface area contributed by atoms with Crippen LogP contribution in [0, 0.1) is 0 Å². The second kappa shape index (κ2) is 10.5. The first-order chi connectivity index (χ1) is 13.3. The zero-order valence-corrected chi connectivity index (χ0v) is 17.3. The van der Waals surface area contributed by atoms with Gasteiger partial charge in [0.15, 0.2) is 9.84 Å². The normalized spacial score (nSPS) is 17.6. The Morgan fingerprint density at radius 3 is 2.46 bits per heavy atom. The van der Waals surface area contributed by atoms with Gasteiger partial charge in [-0.3, -0.25) is 14.5 Å². The molecule has 8 nitrogen and oxygen atoms in total. The van der Waals surface area contributed by atoms with Gasteiger partial charge in [-0.2, -0.15) is 0 Å². The smallest absolute Gasteiger partial charge is 0.244 e. The molecule has 1 unspecified atom stereocenters. The molecule has 0 aromatic heterocycles. The van der Waals surface area contributed by atoms with Crippen LogP contribution in [-0.2, 0) is 24.2 Å². The first kappa shape index (κ1) is 22.3. The molecule has 9 heteroatoms. The highest BCUT2D eigenvalue weighted by molar-refractivity contribution is 7.91. The molecule has 28 heavy (non-hydrogen) atoms. The average Bonchev–Trinajstić information content (AvgIpc) is 2.67. The number of methoxy groups -OCH3 is 1. The van der Waals surface area contributed by atoms with Gasteiger partial charge < -0.3 is 15.0 Å². The molecular formula is C19H29N3O5S. The summed E-state index contributed by atoms with van der Waals surface area (Å²) < 4.78 is 28.5. The molecule has 0 bridgehead atoms. The monoisotopic (exact) mass is 411 g/mol. The van der Waals surface area contributed by atoms with Crippen molar-refractivity contribution in [2.75, 3.05) is 58.4 Å². The fourth-order valence-corrected chi connectivity index (χ4v) is 4.36. The highest BCUT2D eigenvalue weighted by Crippen LogP contribution is 2.24. The Kier molecular flexibility index (Phi) is 8.40. The minimum absolute atomic E-state index is 0.0350. The fourth-order valence-electron chi connectivity index (χ4n) is 3.13. The van der Waals surface area contributed by atoms with E-state index in [1.165, 1.54) is 4.90 Å². The van der Waals surface area contributed by atoms with Crippen LogP contribution in [0.5, 0.6) is 0 Å². The lowest BCUT2D eigenvalue weighted by molar-refractivity contribution is -0.139.